The van der Waals surface area contributed by atoms with Crippen LogP contribution in [-0.4, -0.2) is 30.6 Å². The van der Waals surface area contributed by atoms with E-state index in [-0.39, 0.29) is 12.3 Å². The number of benzene rings is 1. The van der Waals surface area contributed by atoms with E-state index >= 15 is 0 Å². The van der Waals surface area contributed by atoms with E-state index in [1.165, 1.54) is 0 Å². The lowest BCUT2D eigenvalue weighted by Gasteiger charge is -2.02. The lowest BCUT2D eigenvalue weighted by Crippen LogP contribution is -2.06. The molecule has 4 rings (SSSR count). The van der Waals surface area contributed by atoms with Crippen molar-refractivity contribution in [2.75, 3.05) is 0 Å². The number of fused-ring (bicyclic) bond motifs is 4. The van der Waals surface area contributed by atoms with Gasteiger partial charge in [-0.15, -0.1) is 0 Å². The molecule has 7 heteroatoms. The molecule has 0 saturated heterocycles. The largest absolute Gasteiger partial charge is 0.316 e. The summed E-state index contributed by atoms with van der Waals surface area (Å²) in [7, 11) is 0. The van der Waals surface area contributed by atoms with Crippen LogP contribution < -0.4 is 0 Å². The van der Waals surface area contributed by atoms with Crippen molar-refractivity contribution in [2.24, 2.45) is 0 Å². The second-order valence-corrected chi connectivity index (χ2v) is 4.61. The Balaban J connectivity index is 2.21. The highest BCUT2D eigenvalue weighted by Crippen LogP contribution is 2.27. The van der Waals surface area contributed by atoms with Crippen LogP contribution in [0.4, 0.5) is 0 Å². The molecule has 7 nitrogen and oxygen atoms in total. The fraction of sp³-hybridized carbons (Fsp3) is 0.154. The zero-order valence-corrected chi connectivity index (χ0v) is 10.6. The predicted molar refractivity (Wildman–Crippen MR) is 71.1 cm³/mol. The number of aromatic nitrogens is 5. The summed E-state index contributed by atoms with van der Waals surface area (Å²) in [5.74, 6) is 0.0489. The first-order valence-electron chi connectivity index (χ1n) is 6.11. The summed E-state index contributed by atoms with van der Waals surface area (Å²) in [6, 6.07) is 7.73. The maximum atomic E-state index is 11.5. The van der Waals surface area contributed by atoms with Gasteiger partial charge >= 0.3 is 0 Å². The van der Waals surface area contributed by atoms with Crippen molar-refractivity contribution in [1.29, 1.82) is 0 Å². The Labute approximate surface area is 112 Å². The molecule has 0 atom stereocenters. The van der Waals surface area contributed by atoms with Crippen LogP contribution in [0, 0.1) is 0 Å². The van der Waals surface area contributed by atoms with Gasteiger partial charge in [-0.05, 0) is 23.3 Å². The van der Waals surface area contributed by atoms with E-state index in [2.05, 4.69) is 24.9 Å². The first kappa shape index (κ1) is 11.0. The van der Waals surface area contributed by atoms with Crippen LogP contribution in [0.15, 0.2) is 28.9 Å². The van der Waals surface area contributed by atoms with Crippen LogP contribution in [0.2, 0.25) is 0 Å². The third-order valence-corrected chi connectivity index (χ3v) is 3.18. The fourth-order valence-electron chi connectivity index (χ4n) is 2.40. The molecule has 4 aromatic rings. The van der Waals surface area contributed by atoms with Crippen molar-refractivity contribution < 1.29 is 9.42 Å². The number of rotatable bonds is 2. The quantitative estimate of drug-likeness (QED) is 0.549. The summed E-state index contributed by atoms with van der Waals surface area (Å²) in [5.41, 5.74) is 2.94. The minimum absolute atomic E-state index is 0.0489. The summed E-state index contributed by atoms with van der Waals surface area (Å²) < 4.78 is 6.48. The molecule has 0 N–H and O–H groups in total. The van der Waals surface area contributed by atoms with Gasteiger partial charge in [-0.3, -0.25) is 4.79 Å². The number of Topliss-reactive ketones (excluding diaryl/α,β-unsaturated/α-hetero) is 1. The Bertz CT molecular complexity index is 969. The first-order valence-corrected chi connectivity index (χ1v) is 6.11. The minimum Gasteiger partial charge on any atom is -0.316 e. The molecule has 3 heterocycles. The van der Waals surface area contributed by atoms with Crippen molar-refractivity contribution in [3.63, 3.8) is 0 Å². The van der Waals surface area contributed by atoms with E-state index in [9.17, 15) is 4.79 Å². The molecule has 0 aliphatic carbocycles. The van der Waals surface area contributed by atoms with E-state index in [1.807, 2.05) is 28.8 Å². The van der Waals surface area contributed by atoms with Gasteiger partial charge in [-0.1, -0.05) is 18.2 Å². The molecule has 0 saturated carbocycles. The first-order chi connectivity index (χ1) is 9.74. The highest BCUT2D eigenvalue weighted by atomic mass is 16.6. The van der Waals surface area contributed by atoms with Crippen LogP contribution in [-0.2, 0) is 11.3 Å². The molecule has 0 spiro atoms. The second-order valence-electron chi connectivity index (χ2n) is 4.61. The molecule has 1 aromatic carbocycles. The highest BCUT2D eigenvalue weighted by molar-refractivity contribution is 6.06. The lowest BCUT2D eigenvalue weighted by atomic mass is 10.2. The summed E-state index contributed by atoms with van der Waals surface area (Å²) in [4.78, 5) is 20.3. The predicted octanol–water partition coefficient (Wildman–Crippen LogP) is 1.71. The zero-order valence-electron chi connectivity index (χ0n) is 10.6. The zero-order chi connectivity index (χ0) is 13.7. The van der Waals surface area contributed by atoms with Crippen LogP contribution in [0.25, 0.3) is 33.4 Å². The molecule has 3 aromatic heterocycles. The fourth-order valence-corrected chi connectivity index (χ4v) is 2.40. The maximum absolute atomic E-state index is 11.5. The Morgan fingerprint density at radius 1 is 1.20 bits per heavy atom. The molecule has 0 fully saturated rings. The van der Waals surface area contributed by atoms with Crippen LogP contribution in [0.1, 0.15) is 6.92 Å². The molecule has 0 aliphatic rings. The molecule has 0 aliphatic heterocycles. The molecule has 0 unspecified atom stereocenters. The smallest absolute Gasteiger partial charge is 0.245 e. The average molecular weight is 267 g/mol. The van der Waals surface area contributed by atoms with Crippen LogP contribution in [0.5, 0.6) is 0 Å². The van der Waals surface area contributed by atoms with Gasteiger partial charge < -0.3 is 4.57 Å². The van der Waals surface area contributed by atoms with Gasteiger partial charge in [0.05, 0.1) is 12.1 Å². The molecular formula is C13H9N5O2. The third-order valence-electron chi connectivity index (χ3n) is 3.18. The number of ketones is 1. The topological polar surface area (TPSA) is 86.7 Å². The molecule has 0 amide bonds. The molecule has 0 radical (unpaired) electrons. The van der Waals surface area contributed by atoms with Gasteiger partial charge in [0.1, 0.15) is 11.3 Å². The number of hydrogen-bond donors (Lipinski definition) is 0. The van der Waals surface area contributed by atoms with Gasteiger partial charge in [-0.25, -0.2) is 14.6 Å². The third kappa shape index (κ3) is 1.43. The number of carbonyl (C=O) groups is 1. The van der Waals surface area contributed by atoms with E-state index in [1.54, 1.807) is 6.92 Å². The summed E-state index contributed by atoms with van der Waals surface area (Å²) in [6.07, 6.45) is 0. The molecule has 0 bridgehead atoms. The van der Waals surface area contributed by atoms with Crippen molar-refractivity contribution in [2.45, 2.75) is 13.5 Å². The molecule has 20 heavy (non-hydrogen) atoms. The van der Waals surface area contributed by atoms with E-state index < -0.39 is 0 Å². The molecule has 98 valence electrons. The van der Waals surface area contributed by atoms with Crippen LogP contribution in [0.3, 0.4) is 0 Å². The Hall–Kier alpha value is -2.83. The lowest BCUT2D eigenvalue weighted by molar-refractivity contribution is -0.117. The van der Waals surface area contributed by atoms with Gasteiger partial charge in [0.15, 0.2) is 5.65 Å². The van der Waals surface area contributed by atoms with Crippen LogP contribution >= 0.6 is 0 Å². The van der Waals surface area contributed by atoms with Gasteiger partial charge in [0.2, 0.25) is 11.3 Å². The molecular weight excluding hydrogens is 258 g/mol. The summed E-state index contributed by atoms with van der Waals surface area (Å²) in [5, 5.41) is 8.34. The Morgan fingerprint density at radius 2 is 1.95 bits per heavy atom. The maximum Gasteiger partial charge on any atom is 0.245 e. The van der Waals surface area contributed by atoms with E-state index in [0.717, 1.165) is 10.9 Å². The SMILES string of the molecule is CC(=O)Cn1c2ccccc2c2nc3nonc3nc21. The second kappa shape index (κ2) is 3.83. The van der Waals surface area contributed by atoms with Gasteiger partial charge in [-0.2, -0.15) is 0 Å². The number of nitrogens with zero attached hydrogens (tertiary/aromatic N) is 5. The van der Waals surface area contributed by atoms with Crippen molar-refractivity contribution in [1.82, 2.24) is 24.8 Å². The normalized spacial score (nSPS) is 11.7. The number of carbonyl (C=O) groups excluding carboxylic acids is 1. The van der Waals surface area contributed by atoms with E-state index in [4.69, 9.17) is 0 Å². The van der Waals surface area contributed by atoms with E-state index in [0.29, 0.717) is 22.5 Å². The minimum atomic E-state index is 0.0489. The number of hydrogen-bond acceptors (Lipinski definition) is 6. The summed E-state index contributed by atoms with van der Waals surface area (Å²) >= 11 is 0. The number of para-hydroxylation sites is 1. The average Bonchev–Trinajstić information content (AvgIpc) is 3.00. The summed E-state index contributed by atoms with van der Waals surface area (Å²) in [6.45, 7) is 1.79. The Kier molecular flexibility index (Phi) is 2.11. The van der Waals surface area contributed by atoms with Crippen molar-refractivity contribution >= 4 is 39.1 Å². The van der Waals surface area contributed by atoms with Gasteiger partial charge in [0, 0.05) is 5.39 Å². The highest BCUT2D eigenvalue weighted by Gasteiger charge is 2.16. The Morgan fingerprint density at radius 3 is 2.75 bits per heavy atom. The van der Waals surface area contributed by atoms with Crippen molar-refractivity contribution in [3.05, 3.63) is 24.3 Å². The van der Waals surface area contributed by atoms with Crippen molar-refractivity contribution in [3.8, 4) is 0 Å². The monoisotopic (exact) mass is 267 g/mol. The standard InChI is InChI=1S/C13H9N5O2/c1-7(19)6-18-9-5-3-2-4-8(9)10-13(18)15-12-11(14-10)16-20-17-12/h2-5H,6H2,1H3. The van der Waals surface area contributed by atoms with Gasteiger partial charge in [0.25, 0.3) is 0 Å².